The molecule has 150 valence electrons. The molecule has 7 heteroatoms. The third-order valence-corrected chi connectivity index (χ3v) is 5.82. The minimum Gasteiger partial charge on any atom is -0.507 e. The van der Waals surface area contributed by atoms with Gasteiger partial charge in [-0.1, -0.05) is 30.3 Å². The van der Waals surface area contributed by atoms with Crippen molar-refractivity contribution in [1.29, 1.82) is 0 Å². The number of aromatic hydroxyl groups is 1. The number of benzene rings is 2. The molecule has 0 atom stereocenters. The van der Waals surface area contributed by atoms with Crippen molar-refractivity contribution < 1.29 is 15.0 Å². The van der Waals surface area contributed by atoms with Crippen molar-refractivity contribution in [2.24, 2.45) is 0 Å². The maximum Gasteiger partial charge on any atom is 0.339 e. The van der Waals surface area contributed by atoms with Gasteiger partial charge in [-0.15, -0.1) is 11.3 Å². The lowest BCUT2D eigenvalue weighted by Crippen LogP contribution is -2.00. The number of nitrogens with one attached hydrogen (secondary N) is 1. The first-order valence-corrected chi connectivity index (χ1v) is 10.1. The van der Waals surface area contributed by atoms with E-state index >= 15 is 0 Å². The Hall–Kier alpha value is -3.71. The van der Waals surface area contributed by atoms with Gasteiger partial charge >= 0.3 is 5.97 Å². The quantitative estimate of drug-likeness (QED) is 0.399. The molecule has 0 unspecified atom stereocenters. The fourth-order valence-electron chi connectivity index (χ4n) is 3.16. The number of carboxylic acid groups (broad SMARTS) is 1. The summed E-state index contributed by atoms with van der Waals surface area (Å²) in [5.41, 5.74) is 3.49. The van der Waals surface area contributed by atoms with Crippen LogP contribution in [0.4, 0.5) is 5.82 Å². The molecule has 0 aliphatic rings. The third-order valence-electron chi connectivity index (χ3n) is 4.61. The van der Waals surface area contributed by atoms with Gasteiger partial charge in [0.15, 0.2) is 0 Å². The fraction of sp³-hybridized carbons (Fsp3) is 0.0870. The molecule has 2 heterocycles. The molecule has 0 amide bonds. The van der Waals surface area contributed by atoms with Crippen molar-refractivity contribution in [3.05, 3.63) is 83.1 Å². The molecule has 0 saturated carbocycles. The van der Waals surface area contributed by atoms with Crippen LogP contribution >= 0.6 is 11.3 Å². The highest BCUT2D eigenvalue weighted by atomic mass is 32.1. The van der Waals surface area contributed by atoms with Crippen LogP contribution in [0.25, 0.3) is 21.6 Å². The van der Waals surface area contributed by atoms with E-state index in [1.54, 1.807) is 23.6 Å². The van der Waals surface area contributed by atoms with Crippen LogP contribution in [0.3, 0.4) is 0 Å². The van der Waals surface area contributed by atoms with Crippen LogP contribution in [0.2, 0.25) is 0 Å². The van der Waals surface area contributed by atoms with Crippen LogP contribution in [-0.2, 0) is 6.54 Å². The van der Waals surface area contributed by atoms with Gasteiger partial charge < -0.3 is 15.5 Å². The molecule has 4 aromatic rings. The molecule has 0 saturated heterocycles. The fourth-order valence-corrected chi connectivity index (χ4v) is 4.16. The minimum atomic E-state index is -1.15. The predicted molar refractivity (Wildman–Crippen MR) is 118 cm³/mol. The highest BCUT2D eigenvalue weighted by Crippen LogP contribution is 2.34. The number of aryl methyl sites for hydroxylation is 1. The molecule has 0 aliphatic heterocycles. The van der Waals surface area contributed by atoms with Gasteiger partial charge in [-0.05, 0) is 53.9 Å². The standard InChI is InChI=1S/C23H19N3O3S/c1-14-22(30-21(26-14)13-25-20-7-2-3-10-24-20)17-6-4-5-15(11-17)16-8-9-18(23(28)29)19(27)12-16/h2-12,27H,13H2,1H3,(H,24,25)(H,28,29). The average Bonchev–Trinajstić information content (AvgIpc) is 3.13. The second kappa shape index (κ2) is 8.34. The van der Waals surface area contributed by atoms with Crippen molar-refractivity contribution in [2.75, 3.05) is 5.32 Å². The summed E-state index contributed by atoms with van der Waals surface area (Å²) >= 11 is 1.62. The van der Waals surface area contributed by atoms with Crippen LogP contribution < -0.4 is 5.32 Å². The molecule has 2 aromatic heterocycles. The Bertz CT molecular complexity index is 1210. The summed E-state index contributed by atoms with van der Waals surface area (Å²) in [6.45, 7) is 2.57. The number of pyridine rings is 1. The highest BCUT2D eigenvalue weighted by molar-refractivity contribution is 7.15. The van der Waals surface area contributed by atoms with E-state index in [0.717, 1.165) is 38.1 Å². The topological polar surface area (TPSA) is 95.3 Å². The zero-order valence-electron chi connectivity index (χ0n) is 16.2. The Balaban J connectivity index is 1.59. The molecule has 0 aliphatic carbocycles. The van der Waals surface area contributed by atoms with E-state index in [-0.39, 0.29) is 11.3 Å². The van der Waals surface area contributed by atoms with Gasteiger partial charge in [-0.25, -0.2) is 14.8 Å². The summed E-state index contributed by atoms with van der Waals surface area (Å²) in [4.78, 5) is 21.1. The van der Waals surface area contributed by atoms with Crippen LogP contribution in [-0.4, -0.2) is 26.2 Å². The number of phenols is 1. The van der Waals surface area contributed by atoms with E-state index in [2.05, 4.69) is 15.3 Å². The van der Waals surface area contributed by atoms with Crippen molar-refractivity contribution in [3.63, 3.8) is 0 Å². The number of nitrogens with zero attached hydrogens (tertiary/aromatic N) is 2. The van der Waals surface area contributed by atoms with Crippen molar-refractivity contribution in [3.8, 4) is 27.3 Å². The first-order valence-electron chi connectivity index (χ1n) is 9.29. The number of anilines is 1. The lowest BCUT2D eigenvalue weighted by molar-refractivity contribution is 0.0694. The van der Waals surface area contributed by atoms with Gasteiger partial charge in [-0.2, -0.15) is 0 Å². The maximum atomic E-state index is 11.1. The molecule has 4 rings (SSSR count). The lowest BCUT2D eigenvalue weighted by atomic mass is 10.0. The lowest BCUT2D eigenvalue weighted by Gasteiger charge is -2.07. The number of thiazole rings is 1. The highest BCUT2D eigenvalue weighted by Gasteiger charge is 2.13. The smallest absolute Gasteiger partial charge is 0.339 e. The van der Waals surface area contributed by atoms with E-state index in [0.29, 0.717) is 6.54 Å². The zero-order valence-corrected chi connectivity index (χ0v) is 17.0. The molecular weight excluding hydrogens is 398 g/mol. The first-order chi connectivity index (χ1) is 14.5. The summed E-state index contributed by atoms with van der Waals surface area (Å²) in [6.07, 6.45) is 1.74. The van der Waals surface area contributed by atoms with Crippen LogP contribution in [0.1, 0.15) is 21.1 Å². The zero-order chi connectivity index (χ0) is 21.1. The Morgan fingerprint density at radius 2 is 1.83 bits per heavy atom. The Morgan fingerprint density at radius 1 is 1.03 bits per heavy atom. The van der Waals surface area contributed by atoms with Gasteiger partial charge in [0.25, 0.3) is 0 Å². The predicted octanol–water partition coefficient (Wildman–Crippen LogP) is 5.20. The van der Waals surface area contributed by atoms with Gasteiger partial charge in [-0.3, -0.25) is 0 Å². The number of hydrogen-bond donors (Lipinski definition) is 3. The number of rotatable bonds is 6. The Morgan fingerprint density at radius 3 is 2.57 bits per heavy atom. The van der Waals surface area contributed by atoms with E-state index in [9.17, 15) is 9.90 Å². The second-order valence-corrected chi connectivity index (χ2v) is 7.79. The average molecular weight is 417 g/mol. The number of hydrogen-bond acceptors (Lipinski definition) is 6. The first kappa shape index (κ1) is 19.6. The normalized spacial score (nSPS) is 10.7. The minimum absolute atomic E-state index is 0.113. The monoisotopic (exact) mass is 417 g/mol. The number of aromatic carboxylic acids is 1. The van der Waals surface area contributed by atoms with Crippen LogP contribution in [0.5, 0.6) is 5.75 Å². The van der Waals surface area contributed by atoms with Crippen LogP contribution in [0, 0.1) is 6.92 Å². The van der Waals surface area contributed by atoms with E-state index in [4.69, 9.17) is 5.11 Å². The number of aromatic nitrogens is 2. The molecule has 30 heavy (non-hydrogen) atoms. The molecule has 0 fully saturated rings. The number of carboxylic acids is 1. The summed E-state index contributed by atoms with van der Waals surface area (Å²) in [5, 5.41) is 23.3. The molecule has 0 spiro atoms. The van der Waals surface area contributed by atoms with Gasteiger partial charge in [0.05, 0.1) is 17.1 Å². The van der Waals surface area contributed by atoms with Crippen molar-refractivity contribution in [2.45, 2.75) is 13.5 Å². The molecule has 0 bridgehead atoms. The summed E-state index contributed by atoms with van der Waals surface area (Å²) in [7, 11) is 0. The summed E-state index contributed by atoms with van der Waals surface area (Å²) in [6, 6.07) is 18.2. The second-order valence-electron chi connectivity index (χ2n) is 6.71. The third kappa shape index (κ3) is 4.16. The molecular formula is C23H19N3O3S. The van der Waals surface area contributed by atoms with Gasteiger partial charge in [0.2, 0.25) is 0 Å². The largest absolute Gasteiger partial charge is 0.507 e. The van der Waals surface area contributed by atoms with E-state index in [1.165, 1.54) is 12.1 Å². The molecule has 2 aromatic carbocycles. The summed E-state index contributed by atoms with van der Waals surface area (Å²) in [5.74, 6) is -0.597. The van der Waals surface area contributed by atoms with Gasteiger partial charge in [0, 0.05) is 6.20 Å². The molecule has 3 N–H and O–H groups in total. The molecule has 0 radical (unpaired) electrons. The summed E-state index contributed by atoms with van der Waals surface area (Å²) < 4.78 is 0. The Labute approximate surface area is 177 Å². The van der Waals surface area contributed by atoms with E-state index < -0.39 is 5.97 Å². The number of carbonyl (C=O) groups is 1. The molecule has 6 nitrogen and oxygen atoms in total. The maximum absolute atomic E-state index is 11.1. The van der Waals surface area contributed by atoms with E-state index in [1.807, 2.05) is 49.4 Å². The Kier molecular flexibility index (Phi) is 5.45. The van der Waals surface area contributed by atoms with Gasteiger partial charge in [0.1, 0.15) is 22.1 Å². The van der Waals surface area contributed by atoms with Crippen LogP contribution in [0.15, 0.2) is 66.9 Å². The van der Waals surface area contributed by atoms with Crippen molar-refractivity contribution in [1.82, 2.24) is 9.97 Å². The van der Waals surface area contributed by atoms with Crippen molar-refractivity contribution >= 4 is 23.1 Å². The SMILES string of the molecule is Cc1nc(CNc2ccccn2)sc1-c1cccc(-c2ccc(C(=O)O)c(O)c2)c1.